The lowest BCUT2D eigenvalue weighted by Crippen LogP contribution is -2.23. The number of nitrogens with two attached hydrogens (primary N) is 2. The van der Waals surface area contributed by atoms with Crippen LogP contribution in [0.5, 0.6) is 0 Å². The van der Waals surface area contributed by atoms with Crippen LogP contribution in [0.2, 0.25) is 0 Å². The van der Waals surface area contributed by atoms with E-state index in [0.717, 1.165) is 16.7 Å². The molecule has 0 bridgehead atoms. The Morgan fingerprint density at radius 2 is 1.50 bits per heavy atom. The van der Waals surface area contributed by atoms with E-state index in [0.29, 0.717) is 23.2 Å². The molecular formula is C22H21N5O. The van der Waals surface area contributed by atoms with Crippen molar-refractivity contribution in [2.75, 3.05) is 0 Å². The first kappa shape index (κ1) is 18.8. The lowest BCUT2D eigenvalue weighted by atomic mass is 9.98. The van der Waals surface area contributed by atoms with Gasteiger partial charge in [0.2, 0.25) is 0 Å². The molecule has 1 amide bonds. The minimum absolute atomic E-state index is 0.00497. The Hall–Kier alpha value is -3.93. The van der Waals surface area contributed by atoms with Crippen LogP contribution in [0.25, 0.3) is 11.1 Å². The fourth-order valence-electron chi connectivity index (χ4n) is 2.89. The number of hydrogen-bond acceptors (Lipinski definition) is 3. The molecule has 0 fully saturated rings. The van der Waals surface area contributed by atoms with E-state index in [2.05, 4.69) is 5.32 Å². The molecule has 6 heteroatoms. The molecule has 0 aliphatic carbocycles. The number of amidine groups is 2. The summed E-state index contributed by atoms with van der Waals surface area (Å²) in [5, 5.41) is 17.9. The van der Waals surface area contributed by atoms with Gasteiger partial charge in [-0.1, -0.05) is 60.7 Å². The maximum atomic E-state index is 12.8. The zero-order valence-electron chi connectivity index (χ0n) is 15.2. The van der Waals surface area contributed by atoms with Crippen molar-refractivity contribution in [2.24, 2.45) is 11.5 Å². The molecule has 0 aliphatic rings. The Kier molecular flexibility index (Phi) is 5.50. The Balaban J connectivity index is 1.80. The molecule has 6 nitrogen and oxygen atoms in total. The van der Waals surface area contributed by atoms with Crippen molar-refractivity contribution in [1.29, 1.82) is 10.8 Å². The van der Waals surface area contributed by atoms with Crippen LogP contribution in [0.3, 0.4) is 0 Å². The molecule has 0 radical (unpaired) electrons. The van der Waals surface area contributed by atoms with E-state index in [1.807, 2.05) is 42.5 Å². The van der Waals surface area contributed by atoms with Crippen LogP contribution in [-0.2, 0) is 6.54 Å². The maximum Gasteiger partial charge on any atom is 0.252 e. The molecule has 0 unspecified atom stereocenters. The second-order valence-electron chi connectivity index (χ2n) is 6.33. The smallest absolute Gasteiger partial charge is 0.252 e. The fraction of sp³-hybridized carbons (Fsp3) is 0.0455. The number of hydrogen-bond donors (Lipinski definition) is 5. The van der Waals surface area contributed by atoms with Gasteiger partial charge >= 0.3 is 0 Å². The Labute approximate surface area is 163 Å². The van der Waals surface area contributed by atoms with E-state index in [4.69, 9.17) is 22.3 Å². The molecule has 0 saturated heterocycles. The largest absolute Gasteiger partial charge is 0.384 e. The summed E-state index contributed by atoms with van der Waals surface area (Å²) in [6, 6.07) is 21.8. The zero-order chi connectivity index (χ0) is 20.1. The fourth-order valence-corrected chi connectivity index (χ4v) is 2.89. The lowest BCUT2D eigenvalue weighted by molar-refractivity contribution is 0.0951. The van der Waals surface area contributed by atoms with E-state index >= 15 is 0 Å². The highest BCUT2D eigenvalue weighted by molar-refractivity contribution is 6.01. The number of rotatable bonds is 6. The third-order valence-electron chi connectivity index (χ3n) is 4.37. The minimum Gasteiger partial charge on any atom is -0.384 e. The first-order valence-corrected chi connectivity index (χ1v) is 8.71. The van der Waals surface area contributed by atoms with Crippen LogP contribution in [0.4, 0.5) is 0 Å². The van der Waals surface area contributed by atoms with Crippen LogP contribution in [0.1, 0.15) is 27.0 Å². The number of nitrogens with one attached hydrogen (secondary N) is 3. The highest BCUT2D eigenvalue weighted by Crippen LogP contribution is 2.24. The van der Waals surface area contributed by atoms with Crippen molar-refractivity contribution in [2.45, 2.75) is 6.54 Å². The SMILES string of the molecule is N=C(N)c1ccc(-c2ccccc2C(=O)NCc2cccc(C(=N)N)c2)cc1. The molecule has 3 rings (SSSR count). The highest BCUT2D eigenvalue weighted by atomic mass is 16.1. The summed E-state index contributed by atoms with van der Waals surface area (Å²) in [4.78, 5) is 12.8. The highest BCUT2D eigenvalue weighted by Gasteiger charge is 2.12. The van der Waals surface area contributed by atoms with E-state index in [1.54, 1.807) is 30.3 Å². The van der Waals surface area contributed by atoms with Gasteiger partial charge in [0.05, 0.1) is 0 Å². The Morgan fingerprint density at radius 3 is 2.18 bits per heavy atom. The molecular weight excluding hydrogens is 350 g/mol. The quantitative estimate of drug-likeness (QED) is 0.337. The average Bonchev–Trinajstić information content (AvgIpc) is 2.72. The van der Waals surface area contributed by atoms with Crippen molar-refractivity contribution >= 4 is 17.6 Å². The van der Waals surface area contributed by atoms with E-state index in [-0.39, 0.29) is 17.6 Å². The molecule has 7 N–H and O–H groups in total. The van der Waals surface area contributed by atoms with Gasteiger partial charge in [-0.3, -0.25) is 15.6 Å². The van der Waals surface area contributed by atoms with Gasteiger partial charge in [0.25, 0.3) is 5.91 Å². The Morgan fingerprint density at radius 1 is 0.821 bits per heavy atom. The average molecular weight is 371 g/mol. The first-order chi connectivity index (χ1) is 13.5. The third-order valence-corrected chi connectivity index (χ3v) is 4.37. The predicted molar refractivity (Wildman–Crippen MR) is 112 cm³/mol. The van der Waals surface area contributed by atoms with Gasteiger partial charge in [-0.05, 0) is 28.8 Å². The van der Waals surface area contributed by atoms with Gasteiger partial charge in [0.1, 0.15) is 11.7 Å². The molecule has 28 heavy (non-hydrogen) atoms. The van der Waals surface area contributed by atoms with Gasteiger partial charge in [-0.15, -0.1) is 0 Å². The molecule has 0 aromatic heterocycles. The Bertz CT molecular complexity index is 1040. The number of carbonyl (C=O) groups excluding carboxylic acids is 1. The van der Waals surface area contributed by atoms with Crippen molar-refractivity contribution in [3.63, 3.8) is 0 Å². The topological polar surface area (TPSA) is 129 Å². The summed E-state index contributed by atoms with van der Waals surface area (Å²) in [5.74, 6) is -0.197. The summed E-state index contributed by atoms with van der Waals surface area (Å²) in [6.07, 6.45) is 0. The summed E-state index contributed by atoms with van der Waals surface area (Å²) in [7, 11) is 0. The zero-order valence-corrected chi connectivity index (χ0v) is 15.2. The van der Waals surface area contributed by atoms with Crippen LogP contribution in [-0.4, -0.2) is 17.6 Å². The lowest BCUT2D eigenvalue weighted by Gasteiger charge is -2.11. The van der Waals surface area contributed by atoms with Crippen molar-refractivity contribution in [3.05, 3.63) is 95.1 Å². The third kappa shape index (κ3) is 4.24. The van der Waals surface area contributed by atoms with Crippen LogP contribution in [0.15, 0.2) is 72.8 Å². The maximum absolute atomic E-state index is 12.8. The van der Waals surface area contributed by atoms with Crippen LogP contribution < -0.4 is 16.8 Å². The molecule has 0 spiro atoms. The first-order valence-electron chi connectivity index (χ1n) is 8.71. The predicted octanol–water partition coefficient (Wildman–Crippen LogP) is 2.85. The minimum atomic E-state index is -0.195. The number of amides is 1. The van der Waals surface area contributed by atoms with E-state index in [9.17, 15) is 4.79 Å². The van der Waals surface area contributed by atoms with Crippen molar-refractivity contribution in [1.82, 2.24) is 5.32 Å². The molecule has 3 aromatic rings. The molecule has 0 saturated carbocycles. The van der Waals surface area contributed by atoms with E-state index < -0.39 is 0 Å². The monoisotopic (exact) mass is 371 g/mol. The number of nitrogen functional groups attached to an aromatic ring is 2. The van der Waals surface area contributed by atoms with Gasteiger partial charge in [0.15, 0.2) is 0 Å². The van der Waals surface area contributed by atoms with Gasteiger partial charge < -0.3 is 16.8 Å². The van der Waals surface area contributed by atoms with Gasteiger partial charge in [-0.25, -0.2) is 0 Å². The number of carbonyl (C=O) groups is 1. The summed E-state index contributed by atoms with van der Waals surface area (Å²) < 4.78 is 0. The summed E-state index contributed by atoms with van der Waals surface area (Å²) >= 11 is 0. The van der Waals surface area contributed by atoms with E-state index in [1.165, 1.54) is 0 Å². The summed E-state index contributed by atoms with van der Waals surface area (Å²) in [6.45, 7) is 0.331. The summed E-state index contributed by atoms with van der Waals surface area (Å²) in [5.41, 5.74) is 15.4. The standard InChI is InChI=1S/C22H21N5O/c23-20(24)16-10-8-15(9-11-16)18-6-1-2-7-19(18)22(28)27-13-14-4-3-5-17(12-14)21(25)26/h1-12H,13H2,(H3,23,24)(H3,25,26)(H,27,28). The van der Waals surface area contributed by atoms with Gasteiger partial charge in [0, 0.05) is 23.2 Å². The van der Waals surface area contributed by atoms with Crippen molar-refractivity contribution in [3.8, 4) is 11.1 Å². The second-order valence-corrected chi connectivity index (χ2v) is 6.33. The molecule has 140 valence electrons. The molecule has 0 atom stereocenters. The second kappa shape index (κ2) is 8.18. The van der Waals surface area contributed by atoms with Crippen LogP contribution in [0, 0.1) is 10.8 Å². The molecule has 0 heterocycles. The van der Waals surface area contributed by atoms with Gasteiger partial charge in [-0.2, -0.15) is 0 Å². The van der Waals surface area contributed by atoms with Crippen LogP contribution >= 0.6 is 0 Å². The normalized spacial score (nSPS) is 10.3. The van der Waals surface area contributed by atoms with Crippen molar-refractivity contribution < 1.29 is 4.79 Å². The molecule has 0 aliphatic heterocycles. The molecule has 3 aromatic carbocycles. The number of benzene rings is 3.